The maximum absolute atomic E-state index is 13.1. The van der Waals surface area contributed by atoms with Crippen LogP contribution in [0, 0.1) is 0 Å². The number of rotatable bonds is 17. The number of hydrogen-bond acceptors (Lipinski definition) is 3. The van der Waals surface area contributed by atoms with Crippen molar-refractivity contribution in [1.29, 1.82) is 0 Å². The third-order valence-electron chi connectivity index (χ3n) is 6.82. The van der Waals surface area contributed by atoms with Crippen LogP contribution in [0.4, 0.5) is 0 Å². The lowest BCUT2D eigenvalue weighted by Gasteiger charge is -2.36. The Morgan fingerprint density at radius 1 is 0.829 bits per heavy atom. The average Bonchev–Trinajstić information content (AvgIpc) is 2.84. The Morgan fingerprint density at radius 3 is 2.20 bits per heavy atom. The monoisotopic (exact) mass is 482 g/mol. The Labute approximate surface area is 214 Å². The van der Waals surface area contributed by atoms with E-state index in [1.807, 2.05) is 24.3 Å². The first kappa shape index (κ1) is 28.9. The molecule has 0 saturated carbocycles. The first-order valence-electron chi connectivity index (χ1n) is 13.7. The van der Waals surface area contributed by atoms with Crippen molar-refractivity contribution in [2.75, 3.05) is 20.7 Å². The molecule has 0 N–H and O–H groups in total. The standard InChI is InChI=1S/C31H48NO3/c1-6-9-10-11-12-14-18-26-21-17-22-29(23-26)35-28(7-2)25-34-31(33)30(8-3)32(4,5)24-27-19-15-13-16-20-27/h13,15-17,19-23,28,30H,6-12,14,18,24-25H2,1-5H3/q+1. The topological polar surface area (TPSA) is 35.5 Å². The molecule has 0 amide bonds. The molecule has 2 unspecified atom stereocenters. The molecule has 4 heteroatoms. The molecule has 4 nitrogen and oxygen atoms in total. The molecule has 0 fully saturated rings. The van der Waals surface area contributed by atoms with Crippen LogP contribution < -0.4 is 4.74 Å². The van der Waals surface area contributed by atoms with Crippen LogP contribution in [0.2, 0.25) is 0 Å². The van der Waals surface area contributed by atoms with Crippen molar-refractivity contribution in [3.05, 3.63) is 65.7 Å². The fourth-order valence-corrected chi connectivity index (χ4v) is 4.69. The molecule has 0 aliphatic carbocycles. The molecular formula is C31H48NO3+. The van der Waals surface area contributed by atoms with E-state index < -0.39 is 0 Å². The Bertz CT molecular complexity index is 849. The summed E-state index contributed by atoms with van der Waals surface area (Å²) in [5.41, 5.74) is 2.54. The lowest BCUT2D eigenvalue weighted by molar-refractivity contribution is -0.919. The zero-order chi connectivity index (χ0) is 25.5. The highest BCUT2D eigenvalue weighted by molar-refractivity contribution is 5.74. The van der Waals surface area contributed by atoms with Crippen LogP contribution in [0.5, 0.6) is 5.75 Å². The lowest BCUT2D eigenvalue weighted by Crippen LogP contribution is -2.52. The largest absolute Gasteiger partial charge is 0.487 e. The molecule has 0 aromatic heterocycles. The molecule has 194 valence electrons. The number of hydrogen-bond donors (Lipinski definition) is 0. The average molecular weight is 483 g/mol. The summed E-state index contributed by atoms with van der Waals surface area (Å²) in [6.07, 6.45) is 10.3. The fourth-order valence-electron chi connectivity index (χ4n) is 4.69. The maximum atomic E-state index is 13.1. The second kappa shape index (κ2) is 15.6. The number of aryl methyl sites for hydroxylation is 1. The van der Waals surface area contributed by atoms with Crippen molar-refractivity contribution < 1.29 is 18.8 Å². The highest BCUT2D eigenvalue weighted by Crippen LogP contribution is 2.20. The number of carbonyl (C=O) groups excluding carboxylic acids is 1. The van der Waals surface area contributed by atoms with Gasteiger partial charge in [-0.2, -0.15) is 0 Å². The van der Waals surface area contributed by atoms with Gasteiger partial charge in [0.05, 0.1) is 14.1 Å². The van der Waals surface area contributed by atoms with Crippen LogP contribution in [0.3, 0.4) is 0 Å². The molecule has 0 radical (unpaired) electrons. The molecule has 0 heterocycles. The van der Waals surface area contributed by atoms with E-state index in [9.17, 15) is 4.79 Å². The van der Waals surface area contributed by atoms with E-state index in [1.165, 1.54) is 49.7 Å². The van der Waals surface area contributed by atoms with Gasteiger partial charge in [-0.15, -0.1) is 0 Å². The van der Waals surface area contributed by atoms with E-state index in [0.29, 0.717) is 4.48 Å². The van der Waals surface area contributed by atoms with E-state index in [-0.39, 0.29) is 24.7 Å². The number of nitrogens with zero attached hydrogens (tertiary/aromatic N) is 1. The van der Waals surface area contributed by atoms with Crippen molar-refractivity contribution in [1.82, 2.24) is 0 Å². The Hall–Kier alpha value is -2.33. The van der Waals surface area contributed by atoms with Crippen LogP contribution in [0.25, 0.3) is 0 Å². The van der Waals surface area contributed by atoms with Crippen molar-refractivity contribution in [3.63, 3.8) is 0 Å². The van der Waals surface area contributed by atoms with Gasteiger partial charge in [0.2, 0.25) is 0 Å². The Kier molecular flexibility index (Phi) is 12.9. The van der Waals surface area contributed by atoms with Gasteiger partial charge >= 0.3 is 5.97 Å². The highest BCUT2D eigenvalue weighted by Gasteiger charge is 2.35. The predicted molar refractivity (Wildman–Crippen MR) is 146 cm³/mol. The van der Waals surface area contributed by atoms with E-state index in [2.05, 4.69) is 65.2 Å². The van der Waals surface area contributed by atoms with Crippen molar-refractivity contribution in [2.45, 2.75) is 97.2 Å². The third-order valence-corrected chi connectivity index (χ3v) is 6.82. The number of benzene rings is 2. The van der Waals surface area contributed by atoms with Gasteiger partial charge in [-0.1, -0.05) is 95.3 Å². The number of esters is 1. The van der Waals surface area contributed by atoms with Gasteiger partial charge in [-0.3, -0.25) is 0 Å². The molecule has 2 atom stereocenters. The van der Waals surface area contributed by atoms with Gasteiger partial charge in [-0.05, 0) is 37.0 Å². The second-order valence-corrected chi connectivity index (χ2v) is 10.3. The van der Waals surface area contributed by atoms with E-state index in [4.69, 9.17) is 9.47 Å². The molecule has 0 saturated heterocycles. The van der Waals surface area contributed by atoms with E-state index in [0.717, 1.165) is 31.6 Å². The summed E-state index contributed by atoms with van der Waals surface area (Å²) in [6.45, 7) is 7.45. The zero-order valence-corrected chi connectivity index (χ0v) is 22.8. The summed E-state index contributed by atoms with van der Waals surface area (Å²) in [5, 5.41) is 0. The van der Waals surface area contributed by atoms with Crippen molar-refractivity contribution in [2.24, 2.45) is 0 Å². The van der Waals surface area contributed by atoms with Crippen molar-refractivity contribution in [3.8, 4) is 5.75 Å². The van der Waals surface area contributed by atoms with Crippen LogP contribution in [-0.2, 0) is 22.5 Å². The molecule has 0 aliphatic rings. The SMILES string of the molecule is CCCCCCCCc1cccc(OC(CC)COC(=O)C(CC)[N+](C)(C)Cc2ccccc2)c1. The molecule has 2 rings (SSSR count). The summed E-state index contributed by atoms with van der Waals surface area (Å²) in [6, 6.07) is 18.5. The van der Waals surface area contributed by atoms with Crippen LogP contribution in [-0.4, -0.2) is 43.3 Å². The van der Waals surface area contributed by atoms with Crippen LogP contribution in [0.15, 0.2) is 54.6 Å². The smallest absolute Gasteiger partial charge is 0.365 e. The number of quaternary nitrogens is 1. The number of carbonyl (C=O) groups is 1. The summed E-state index contributed by atoms with van der Waals surface area (Å²) >= 11 is 0. The van der Waals surface area contributed by atoms with Crippen LogP contribution >= 0.6 is 0 Å². The molecule has 0 aliphatic heterocycles. The third kappa shape index (κ3) is 10.4. The zero-order valence-electron chi connectivity index (χ0n) is 22.8. The van der Waals surface area contributed by atoms with Gasteiger partial charge < -0.3 is 14.0 Å². The summed E-state index contributed by atoms with van der Waals surface area (Å²) in [7, 11) is 4.21. The first-order chi connectivity index (χ1) is 16.9. The quantitative estimate of drug-likeness (QED) is 0.134. The summed E-state index contributed by atoms with van der Waals surface area (Å²) < 4.78 is 12.6. The van der Waals surface area contributed by atoms with Gasteiger partial charge in [0.15, 0.2) is 6.04 Å². The minimum absolute atomic E-state index is 0.146. The van der Waals surface area contributed by atoms with Gasteiger partial charge in [0.1, 0.15) is 25.0 Å². The molecule has 2 aromatic carbocycles. The van der Waals surface area contributed by atoms with E-state index >= 15 is 0 Å². The van der Waals surface area contributed by atoms with Gasteiger partial charge in [0.25, 0.3) is 0 Å². The predicted octanol–water partition coefficient (Wildman–Crippen LogP) is 7.35. The van der Waals surface area contributed by atoms with Gasteiger partial charge in [-0.25, -0.2) is 4.79 Å². The minimum Gasteiger partial charge on any atom is -0.487 e. The Morgan fingerprint density at radius 2 is 1.51 bits per heavy atom. The summed E-state index contributed by atoms with van der Waals surface area (Å²) in [5.74, 6) is 0.718. The van der Waals surface area contributed by atoms with Crippen molar-refractivity contribution >= 4 is 5.97 Å². The fraction of sp³-hybridized carbons (Fsp3) is 0.581. The molecule has 0 spiro atoms. The van der Waals surface area contributed by atoms with E-state index in [1.54, 1.807) is 0 Å². The molecular weight excluding hydrogens is 434 g/mol. The number of likely N-dealkylation sites (N-methyl/N-ethyl adjacent to an activating group) is 1. The first-order valence-corrected chi connectivity index (χ1v) is 13.7. The minimum atomic E-state index is -0.214. The normalized spacial score (nSPS) is 13.3. The Balaban J connectivity index is 1.86. The lowest BCUT2D eigenvalue weighted by atomic mass is 10.0. The second-order valence-electron chi connectivity index (χ2n) is 10.3. The molecule has 2 aromatic rings. The molecule has 35 heavy (non-hydrogen) atoms. The van der Waals surface area contributed by atoms with Crippen LogP contribution in [0.1, 0.15) is 83.3 Å². The molecule has 0 bridgehead atoms. The summed E-state index contributed by atoms with van der Waals surface area (Å²) in [4.78, 5) is 13.1. The number of unbranched alkanes of at least 4 members (excludes halogenated alkanes) is 5. The maximum Gasteiger partial charge on any atom is 0.365 e. The van der Waals surface area contributed by atoms with Gasteiger partial charge in [0, 0.05) is 12.0 Å². The number of ether oxygens (including phenoxy) is 2. The highest BCUT2D eigenvalue weighted by atomic mass is 16.6.